The van der Waals surface area contributed by atoms with E-state index in [0.29, 0.717) is 12.8 Å². The molecule has 0 spiro atoms. The van der Waals surface area contributed by atoms with Crippen molar-refractivity contribution in [2.75, 3.05) is 12.0 Å². The first kappa shape index (κ1) is 13.9. The van der Waals surface area contributed by atoms with Gasteiger partial charge in [-0.2, -0.15) is 0 Å². The van der Waals surface area contributed by atoms with Gasteiger partial charge in [0.25, 0.3) is 0 Å². The monoisotopic (exact) mass is 254 g/mol. The average Bonchev–Trinajstić information content (AvgIpc) is 2.23. The lowest BCUT2D eigenvalue weighted by Crippen LogP contribution is -2.09. The van der Waals surface area contributed by atoms with Gasteiger partial charge >= 0.3 is 0 Å². The van der Waals surface area contributed by atoms with Crippen LogP contribution in [0.2, 0.25) is 0 Å². The van der Waals surface area contributed by atoms with Gasteiger partial charge in [-0.15, -0.1) is 0 Å². The van der Waals surface area contributed by atoms with E-state index in [-0.39, 0.29) is 18.0 Å². The molecule has 0 aliphatic rings. The van der Waals surface area contributed by atoms with E-state index in [9.17, 15) is 13.2 Å². The smallest absolute Gasteiger partial charge is 0.147 e. The predicted molar refractivity (Wildman–Crippen MR) is 68.8 cm³/mol. The number of carbonyl (C=O) groups is 1. The molecular formula is C13H18O3S. The highest BCUT2D eigenvalue weighted by Crippen LogP contribution is 2.07. The van der Waals surface area contributed by atoms with Crippen LogP contribution in [0, 0.1) is 6.92 Å². The molecule has 94 valence electrons. The molecule has 0 radical (unpaired) electrons. The minimum absolute atomic E-state index is 0.0110. The van der Waals surface area contributed by atoms with Crippen LogP contribution in [0.15, 0.2) is 24.3 Å². The Kier molecular flexibility index (Phi) is 4.87. The highest BCUT2D eigenvalue weighted by Gasteiger charge is 2.08. The molecule has 0 N–H and O–H groups in total. The van der Waals surface area contributed by atoms with Crippen LogP contribution < -0.4 is 0 Å². The summed E-state index contributed by atoms with van der Waals surface area (Å²) in [5.74, 6) is -0.0310. The fourth-order valence-corrected chi connectivity index (χ4v) is 2.17. The third kappa shape index (κ3) is 6.22. The number of hydrogen-bond donors (Lipinski definition) is 0. The maximum atomic E-state index is 11.5. The fourth-order valence-electron chi connectivity index (χ4n) is 1.58. The summed E-state index contributed by atoms with van der Waals surface area (Å²) >= 11 is 0. The standard InChI is InChI=1S/C13H18O3S/c1-11-4-3-5-12(10-11)6-7-13(14)8-9-17(2,15)16/h3-5,10H,6-9H2,1-2H3. The van der Waals surface area contributed by atoms with E-state index in [2.05, 4.69) is 0 Å². The van der Waals surface area contributed by atoms with E-state index < -0.39 is 9.84 Å². The van der Waals surface area contributed by atoms with Crippen molar-refractivity contribution >= 4 is 15.6 Å². The van der Waals surface area contributed by atoms with Gasteiger partial charge in [0, 0.05) is 19.1 Å². The van der Waals surface area contributed by atoms with Crippen molar-refractivity contribution in [3.8, 4) is 0 Å². The van der Waals surface area contributed by atoms with Gasteiger partial charge < -0.3 is 0 Å². The number of ketones is 1. The second kappa shape index (κ2) is 5.96. The summed E-state index contributed by atoms with van der Waals surface area (Å²) in [5, 5.41) is 0. The first-order valence-electron chi connectivity index (χ1n) is 5.62. The summed E-state index contributed by atoms with van der Waals surface area (Å²) in [7, 11) is -3.03. The van der Waals surface area contributed by atoms with Gasteiger partial charge in [0.15, 0.2) is 0 Å². The van der Waals surface area contributed by atoms with Crippen molar-refractivity contribution in [3.05, 3.63) is 35.4 Å². The van der Waals surface area contributed by atoms with Crippen LogP contribution in [0.4, 0.5) is 0 Å². The summed E-state index contributed by atoms with van der Waals surface area (Å²) in [6.45, 7) is 2.01. The zero-order valence-electron chi connectivity index (χ0n) is 10.3. The third-order valence-corrected chi connectivity index (χ3v) is 3.47. The zero-order valence-corrected chi connectivity index (χ0v) is 11.1. The normalized spacial score (nSPS) is 11.4. The number of sulfone groups is 1. The van der Waals surface area contributed by atoms with Gasteiger partial charge in [0.2, 0.25) is 0 Å². The Morgan fingerprint density at radius 3 is 2.53 bits per heavy atom. The molecule has 0 bridgehead atoms. The lowest BCUT2D eigenvalue weighted by Gasteiger charge is -2.02. The van der Waals surface area contributed by atoms with Gasteiger partial charge in [-0.25, -0.2) is 8.42 Å². The van der Waals surface area contributed by atoms with E-state index in [1.165, 1.54) is 5.56 Å². The summed E-state index contributed by atoms with van der Waals surface area (Å²) < 4.78 is 21.8. The number of benzene rings is 1. The topological polar surface area (TPSA) is 51.2 Å². The Balaban J connectivity index is 2.38. The Morgan fingerprint density at radius 1 is 1.24 bits per heavy atom. The number of hydrogen-bond acceptors (Lipinski definition) is 3. The molecule has 0 amide bonds. The largest absolute Gasteiger partial charge is 0.300 e. The lowest BCUT2D eigenvalue weighted by molar-refractivity contribution is -0.118. The van der Waals surface area contributed by atoms with Crippen LogP contribution >= 0.6 is 0 Å². The van der Waals surface area contributed by atoms with Crippen molar-refractivity contribution in [1.82, 2.24) is 0 Å². The van der Waals surface area contributed by atoms with Crippen LogP contribution in [0.5, 0.6) is 0 Å². The van der Waals surface area contributed by atoms with Crippen molar-refractivity contribution in [3.63, 3.8) is 0 Å². The predicted octanol–water partition coefficient (Wildman–Crippen LogP) is 1.93. The van der Waals surface area contributed by atoms with Crippen molar-refractivity contribution in [1.29, 1.82) is 0 Å². The molecule has 1 aromatic carbocycles. The minimum atomic E-state index is -3.03. The maximum absolute atomic E-state index is 11.5. The molecule has 0 aromatic heterocycles. The molecule has 0 fully saturated rings. The molecule has 17 heavy (non-hydrogen) atoms. The maximum Gasteiger partial charge on any atom is 0.147 e. The molecule has 0 aliphatic carbocycles. The van der Waals surface area contributed by atoms with Crippen molar-refractivity contribution in [2.24, 2.45) is 0 Å². The Labute approximate surface area is 103 Å². The van der Waals surface area contributed by atoms with Gasteiger partial charge in [-0.05, 0) is 18.9 Å². The molecule has 0 saturated carbocycles. The van der Waals surface area contributed by atoms with Crippen LogP contribution in [-0.4, -0.2) is 26.2 Å². The summed E-state index contributed by atoms with van der Waals surface area (Å²) in [5.41, 5.74) is 2.30. The summed E-state index contributed by atoms with van der Waals surface area (Å²) in [6.07, 6.45) is 2.38. The number of aryl methyl sites for hydroxylation is 2. The molecule has 3 nitrogen and oxygen atoms in total. The third-order valence-electron chi connectivity index (χ3n) is 2.53. The van der Waals surface area contributed by atoms with Crippen LogP contribution in [-0.2, 0) is 21.1 Å². The molecule has 0 aliphatic heterocycles. The molecule has 0 saturated heterocycles. The Morgan fingerprint density at radius 2 is 1.94 bits per heavy atom. The fraction of sp³-hybridized carbons (Fsp3) is 0.462. The molecule has 4 heteroatoms. The first-order chi connectivity index (χ1) is 7.87. The highest BCUT2D eigenvalue weighted by molar-refractivity contribution is 7.90. The summed E-state index contributed by atoms with van der Waals surface area (Å²) in [4.78, 5) is 11.5. The molecule has 1 aromatic rings. The molecule has 0 unspecified atom stereocenters. The Bertz CT molecular complexity index is 489. The van der Waals surface area contributed by atoms with Crippen LogP contribution in [0.3, 0.4) is 0 Å². The molecular weight excluding hydrogens is 236 g/mol. The van der Waals surface area contributed by atoms with Gasteiger partial charge in [0.05, 0.1) is 5.75 Å². The molecule has 1 rings (SSSR count). The summed E-state index contributed by atoms with van der Waals surface area (Å²) in [6, 6.07) is 8.00. The number of carbonyl (C=O) groups excluding carboxylic acids is 1. The number of rotatable bonds is 6. The van der Waals surface area contributed by atoms with E-state index in [1.807, 2.05) is 31.2 Å². The second-order valence-electron chi connectivity index (χ2n) is 4.41. The highest BCUT2D eigenvalue weighted by atomic mass is 32.2. The SMILES string of the molecule is Cc1cccc(CCC(=O)CCS(C)(=O)=O)c1. The number of Topliss-reactive ketones (excluding diaryl/α,β-unsaturated/α-hetero) is 1. The van der Waals surface area contributed by atoms with Gasteiger partial charge in [-0.1, -0.05) is 29.8 Å². The van der Waals surface area contributed by atoms with E-state index in [4.69, 9.17) is 0 Å². The van der Waals surface area contributed by atoms with E-state index in [0.717, 1.165) is 11.8 Å². The van der Waals surface area contributed by atoms with Gasteiger partial charge in [0.1, 0.15) is 15.6 Å². The van der Waals surface area contributed by atoms with Crippen molar-refractivity contribution in [2.45, 2.75) is 26.2 Å². The van der Waals surface area contributed by atoms with Gasteiger partial charge in [-0.3, -0.25) is 4.79 Å². The lowest BCUT2D eigenvalue weighted by atomic mass is 10.0. The Hall–Kier alpha value is -1.16. The van der Waals surface area contributed by atoms with Crippen LogP contribution in [0.1, 0.15) is 24.0 Å². The quantitative estimate of drug-likeness (QED) is 0.779. The van der Waals surface area contributed by atoms with Crippen LogP contribution in [0.25, 0.3) is 0 Å². The van der Waals surface area contributed by atoms with Crippen molar-refractivity contribution < 1.29 is 13.2 Å². The zero-order chi connectivity index (χ0) is 12.9. The molecule has 0 heterocycles. The van der Waals surface area contributed by atoms with E-state index >= 15 is 0 Å². The average molecular weight is 254 g/mol. The molecule has 0 atom stereocenters. The first-order valence-corrected chi connectivity index (χ1v) is 7.68. The minimum Gasteiger partial charge on any atom is -0.300 e. The van der Waals surface area contributed by atoms with E-state index in [1.54, 1.807) is 0 Å². The second-order valence-corrected chi connectivity index (χ2v) is 6.67.